The second kappa shape index (κ2) is 21.7. The van der Waals surface area contributed by atoms with Crippen molar-refractivity contribution in [3.63, 3.8) is 0 Å². The minimum atomic E-state index is -1.08. The largest absolute Gasteiger partial charge is 0.550 e. The molecule has 0 spiro atoms. The highest BCUT2D eigenvalue weighted by molar-refractivity contribution is 5.60. The standard InChI is InChI=1S/C22H48N.C2H4O2/c1-5-7-9-11-13-15-17-19-21-23(3,4)22-20-18-16-14-12-10-8-6-2;1-2(3)4/h5-22H2,1-4H3;1H3,(H,3,4)/q+1;/p-1. The Balaban J connectivity index is 0. The Kier molecular flexibility index (Phi) is 23.0. The molecular formula is C24H51NO2. The summed E-state index contributed by atoms with van der Waals surface area (Å²) >= 11 is 0. The molecule has 0 saturated heterocycles. The van der Waals surface area contributed by atoms with Crippen LogP contribution in [0.5, 0.6) is 0 Å². The zero-order chi connectivity index (χ0) is 20.8. The molecule has 0 aliphatic rings. The summed E-state index contributed by atoms with van der Waals surface area (Å²) in [6.07, 6.45) is 23.0. The summed E-state index contributed by atoms with van der Waals surface area (Å²) in [7, 11) is 4.87. The van der Waals surface area contributed by atoms with Gasteiger partial charge in [-0.2, -0.15) is 0 Å². The predicted octanol–water partition coefficient (Wildman–Crippen LogP) is 6.10. The molecule has 0 aromatic carbocycles. The Labute approximate surface area is 171 Å². The summed E-state index contributed by atoms with van der Waals surface area (Å²) in [6.45, 7) is 8.33. The lowest BCUT2D eigenvalue weighted by atomic mass is 10.1. The van der Waals surface area contributed by atoms with Gasteiger partial charge in [-0.1, -0.05) is 90.9 Å². The molecule has 0 aliphatic heterocycles. The first kappa shape index (κ1) is 28.6. The molecule has 0 saturated carbocycles. The molecule has 164 valence electrons. The molecule has 0 aromatic heterocycles. The summed E-state index contributed by atoms with van der Waals surface area (Å²) in [6, 6.07) is 0. The van der Waals surface area contributed by atoms with E-state index in [2.05, 4.69) is 27.9 Å². The number of hydrogen-bond donors (Lipinski definition) is 0. The van der Waals surface area contributed by atoms with Crippen molar-refractivity contribution in [3.8, 4) is 0 Å². The minimum absolute atomic E-state index is 0.972. The van der Waals surface area contributed by atoms with E-state index < -0.39 is 5.97 Å². The molecule has 0 radical (unpaired) electrons. The van der Waals surface area contributed by atoms with E-state index in [9.17, 15) is 0 Å². The zero-order valence-electron chi connectivity index (χ0n) is 19.5. The van der Waals surface area contributed by atoms with Crippen LogP contribution in [-0.2, 0) is 4.79 Å². The van der Waals surface area contributed by atoms with Gasteiger partial charge in [0.25, 0.3) is 0 Å². The average molecular weight is 386 g/mol. The lowest BCUT2D eigenvalue weighted by molar-refractivity contribution is -0.890. The molecule has 3 heteroatoms. The summed E-state index contributed by atoms with van der Waals surface area (Å²) in [4.78, 5) is 8.89. The van der Waals surface area contributed by atoms with Gasteiger partial charge in [-0.25, -0.2) is 0 Å². The Hall–Kier alpha value is -0.570. The van der Waals surface area contributed by atoms with Crippen molar-refractivity contribution in [1.29, 1.82) is 0 Å². The van der Waals surface area contributed by atoms with Crippen molar-refractivity contribution in [3.05, 3.63) is 0 Å². The van der Waals surface area contributed by atoms with Gasteiger partial charge in [-0.3, -0.25) is 0 Å². The van der Waals surface area contributed by atoms with Gasteiger partial charge < -0.3 is 14.4 Å². The average Bonchev–Trinajstić information content (AvgIpc) is 2.59. The second-order valence-electron chi connectivity index (χ2n) is 8.82. The van der Waals surface area contributed by atoms with E-state index in [4.69, 9.17) is 9.90 Å². The van der Waals surface area contributed by atoms with E-state index in [0.29, 0.717) is 0 Å². The van der Waals surface area contributed by atoms with Gasteiger partial charge in [0.2, 0.25) is 0 Å². The Morgan fingerprint density at radius 1 is 0.593 bits per heavy atom. The van der Waals surface area contributed by atoms with Gasteiger partial charge in [0, 0.05) is 5.97 Å². The number of hydrogen-bond acceptors (Lipinski definition) is 2. The van der Waals surface area contributed by atoms with E-state index in [-0.39, 0.29) is 0 Å². The van der Waals surface area contributed by atoms with Crippen LogP contribution in [0.4, 0.5) is 0 Å². The third-order valence-corrected chi connectivity index (χ3v) is 5.23. The Bertz CT molecular complexity index is 277. The van der Waals surface area contributed by atoms with Gasteiger partial charge in [-0.05, 0) is 32.6 Å². The number of carbonyl (C=O) groups is 1. The van der Waals surface area contributed by atoms with Crippen molar-refractivity contribution < 1.29 is 14.4 Å². The fourth-order valence-electron chi connectivity index (χ4n) is 3.46. The number of carbonyl (C=O) groups excluding carboxylic acids is 1. The van der Waals surface area contributed by atoms with Crippen molar-refractivity contribution in [2.24, 2.45) is 0 Å². The molecule has 0 rings (SSSR count). The first-order chi connectivity index (χ1) is 12.9. The second-order valence-corrected chi connectivity index (χ2v) is 8.82. The molecule has 27 heavy (non-hydrogen) atoms. The van der Waals surface area contributed by atoms with Gasteiger partial charge >= 0.3 is 0 Å². The summed E-state index contributed by atoms with van der Waals surface area (Å²) in [5, 5.41) is 8.89. The molecule has 0 aromatic rings. The third kappa shape index (κ3) is 30.4. The van der Waals surface area contributed by atoms with Crippen LogP contribution in [0, 0.1) is 0 Å². The van der Waals surface area contributed by atoms with Crippen LogP contribution >= 0.6 is 0 Å². The molecule has 0 bridgehead atoms. The van der Waals surface area contributed by atoms with Crippen LogP contribution < -0.4 is 5.11 Å². The van der Waals surface area contributed by atoms with Crippen LogP contribution in [0.2, 0.25) is 0 Å². The molecule has 0 N–H and O–H groups in total. The van der Waals surface area contributed by atoms with Gasteiger partial charge in [0.05, 0.1) is 27.2 Å². The molecule has 0 heterocycles. The maximum atomic E-state index is 8.89. The van der Waals surface area contributed by atoms with E-state index >= 15 is 0 Å². The van der Waals surface area contributed by atoms with Crippen LogP contribution in [-0.4, -0.2) is 37.6 Å². The van der Waals surface area contributed by atoms with Crippen molar-refractivity contribution in [1.82, 2.24) is 0 Å². The summed E-state index contributed by atoms with van der Waals surface area (Å²) in [5.41, 5.74) is 0. The zero-order valence-corrected chi connectivity index (χ0v) is 19.5. The minimum Gasteiger partial charge on any atom is -0.550 e. The smallest absolute Gasteiger partial charge is 0.0782 e. The third-order valence-electron chi connectivity index (χ3n) is 5.23. The van der Waals surface area contributed by atoms with E-state index in [0.717, 1.165) is 6.92 Å². The van der Waals surface area contributed by atoms with Crippen molar-refractivity contribution >= 4 is 5.97 Å². The maximum Gasteiger partial charge on any atom is 0.0782 e. The van der Waals surface area contributed by atoms with Crippen LogP contribution in [0.3, 0.4) is 0 Å². The fourth-order valence-corrected chi connectivity index (χ4v) is 3.46. The SMILES string of the molecule is CC(=O)[O-].CCCCCCCCCC[N+](C)(C)CCCCCCCCCC. The normalized spacial score (nSPS) is 11.1. The van der Waals surface area contributed by atoms with Crippen LogP contribution in [0.1, 0.15) is 124 Å². The van der Waals surface area contributed by atoms with Gasteiger partial charge in [0.1, 0.15) is 0 Å². The topological polar surface area (TPSA) is 40.1 Å². The lowest BCUT2D eigenvalue weighted by Crippen LogP contribution is -2.41. The molecule has 0 fully saturated rings. The number of nitrogens with zero attached hydrogens (tertiary/aromatic N) is 1. The molecular weight excluding hydrogens is 334 g/mol. The first-order valence-electron chi connectivity index (χ1n) is 11.8. The van der Waals surface area contributed by atoms with Crippen molar-refractivity contribution in [2.45, 2.75) is 124 Å². The van der Waals surface area contributed by atoms with Crippen molar-refractivity contribution in [2.75, 3.05) is 27.2 Å². The predicted molar refractivity (Wildman–Crippen MR) is 118 cm³/mol. The monoisotopic (exact) mass is 385 g/mol. The number of carboxylic acids is 1. The number of rotatable bonds is 18. The van der Waals surface area contributed by atoms with Crippen LogP contribution in [0.25, 0.3) is 0 Å². The molecule has 0 atom stereocenters. The fraction of sp³-hybridized carbons (Fsp3) is 0.958. The molecule has 3 nitrogen and oxygen atoms in total. The molecule has 0 amide bonds. The maximum absolute atomic E-state index is 8.89. The molecule has 0 unspecified atom stereocenters. The lowest BCUT2D eigenvalue weighted by Gasteiger charge is -2.30. The highest BCUT2D eigenvalue weighted by Crippen LogP contribution is 2.13. The number of aliphatic carboxylic acids is 1. The van der Waals surface area contributed by atoms with E-state index in [1.807, 2.05) is 0 Å². The summed E-state index contributed by atoms with van der Waals surface area (Å²) < 4.78 is 1.24. The number of carboxylic acid groups (broad SMARTS) is 1. The highest BCUT2D eigenvalue weighted by Gasteiger charge is 2.13. The quantitative estimate of drug-likeness (QED) is 0.211. The van der Waals surface area contributed by atoms with Gasteiger partial charge in [0.15, 0.2) is 0 Å². The Morgan fingerprint density at radius 3 is 1.07 bits per heavy atom. The molecule has 0 aliphatic carbocycles. The number of unbranched alkanes of at least 4 members (excludes halogenated alkanes) is 14. The van der Waals surface area contributed by atoms with E-state index in [1.165, 1.54) is 120 Å². The van der Waals surface area contributed by atoms with E-state index in [1.54, 1.807) is 0 Å². The van der Waals surface area contributed by atoms with Gasteiger partial charge in [-0.15, -0.1) is 0 Å². The first-order valence-corrected chi connectivity index (χ1v) is 11.8. The number of quaternary nitrogens is 1. The van der Waals surface area contributed by atoms with Crippen LogP contribution in [0.15, 0.2) is 0 Å². The summed E-state index contributed by atoms with van der Waals surface area (Å²) in [5.74, 6) is -1.08. The Morgan fingerprint density at radius 2 is 0.815 bits per heavy atom. The highest BCUT2D eigenvalue weighted by atomic mass is 16.4.